The Hall–Kier alpha value is -3.02. The second kappa shape index (κ2) is 6.83. The first-order valence-electron chi connectivity index (χ1n) is 7.44. The fourth-order valence-corrected chi connectivity index (χ4v) is 2.25. The Balaban J connectivity index is 1.75. The minimum Gasteiger partial charge on any atom is -0.356 e. The number of rotatable bonds is 5. The lowest BCUT2D eigenvalue weighted by atomic mass is 10.1. The number of aromatic nitrogens is 4. The van der Waals surface area contributed by atoms with Gasteiger partial charge in [0, 0.05) is 25.1 Å². The highest BCUT2D eigenvalue weighted by Gasteiger charge is 2.06. The van der Waals surface area contributed by atoms with Crippen LogP contribution in [0.3, 0.4) is 0 Å². The zero-order chi connectivity index (χ0) is 16.1. The third kappa shape index (κ3) is 3.60. The quantitative estimate of drug-likeness (QED) is 0.782. The van der Waals surface area contributed by atoms with Crippen molar-refractivity contribution in [1.29, 1.82) is 0 Å². The van der Waals surface area contributed by atoms with Gasteiger partial charge in [0.2, 0.25) is 5.91 Å². The lowest BCUT2D eigenvalue weighted by Gasteiger charge is -2.05. The number of hydrogen-bond donors (Lipinski definition) is 1. The molecule has 0 unspecified atom stereocenters. The van der Waals surface area contributed by atoms with Crippen LogP contribution in [0.15, 0.2) is 55.1 Å². The van der Waals surface area contributed by atoms with E-state index in [1.165, 1.54) is 0 Å². The van der Waals surface area contributed by atoms with Gasteiger partial charge in [-0.2, -0.15) is 5.10 Å². The molecule has 0 spiro atoms. The molecule has 0 fully saturated rings. The highest BCUT2D eigenvalue weighted by Crippen LogP contribution is 2.15. The van der Waals surface area contributed by atoms with Gasteiger partial charge in [-0.1, -0.05) is 12.1 Å². The Morgan fingerprint density at radius 3 is 2.65 bits per heavy atom. The maximum absolute atomic E-state index is 11.6. The van der Waals surface area contributed by atoms with E-state index >= 15 is 0 Å². The van der Waals surface area contributed by atoms with Crippen molar-refractivity contribution in [1.82, 2.24) is 25.1 Å². The SMILES string of the molecule is CCNC(=O)Cc1ccc(-n2ccc(-c3cnccn3)n2)cc1. The number of amides is 1. The first-order chi connectivity index (χ1) is 11.3. The monoisotopic (exact) mass is 307 g/mol. The average Bonchev–Trinajstić information content (AvgIpc) is 3.07. The molecule has 116 valence electrons. The van der Waals surface area contributed by atoms with Crippen molar-refractivity contribution in [2.45, 2.75) is 13.3 Å². The molecule has 1 amide bonds. The van der Waals surface area contributed by atoms with E-state index in [4.69, 9.17) is 0 Å². The summed E-state index contributed by atoms with van der Waals surface area (Å²) in [4.78, 5) is 19.9. The normalized spacial score (nSPS) is 10.5. The van der Waals surface area contributed by atoms with Crippen molar-refractivity contribution in [3.8, 4) is 17.1 Å². The molecule has 1 N–H and O–H groups in total. The predicted octanol–water partition coefficient (Wildman–Crippen LogP) is 2.01. The second-order valence-corrected chi connectivity index (χ2v) is 5.03. The van der Waals surface area contributed by atoms with E-state index in [1.807, 2.05) is 43.5 Å². The molecule has 3 aromatic rings. The molecule has 0 saturated carbocycles. The van der Waals surface area contributed by atoms with Gasteiger partial charge in [-0.25, -0.2) is 4.68 Å². The van der Waals surface area contributed by atoms with Gasteiger partial charge >= 0.3 is 0 Å². The first kappa shape index (κ1) is 14.9. The highest BCUT2D eigenvalue weighted by atomic mass is 16.1. The molecule has 0 radical (unpaired) electrons. The summed E-state index contributed by atoms with van der Waals surface area (Å²) in [5.74, 6) is 0.0317. The zero-order valence-electron chi connectivity index (χ0n) is 12.8. The third-order valence-electron chi connectivity index (χ3n) is 3.35. The third-order valence-corrected chi connectivity index (χ3v) is 3.35. The van der Waals surface area contributed by atoms with E-state index in [0.717, 1.165) is 22.6 Å². The molecule has 2 aromatic heterocycles. The number of carbonyl (C=O) groups excluding carboxylic acids is 1. The summed E-state index contributed by atoms with van der Waals surface area (Å²) >= 11 is 0. The highest BCUT2D eigenvalue weighted by molar-refractivity contribution is 5.78. The average molecular weight is 307 g/mol. The number of hydrogen-bond acceptors (Lipinski definition) is 4. The number of nitrogens with one attached hydrogen (secondary N) is 1. The standard InChI is InChI=1S/C17H17N5O/c1-2-19-17(23)11-13-3-5-14(6-4-13)22-10-7-15(21-22)16-12-18-8-9-20-16/h3-10,12H,2,11H2,1H3,(H,19,23). The van der Waals surface area contributed by atoms with Crippen molar-refractivity contribution in [3.05, 3.63) is 60.7 Å². The fourth-order valence-electron chi connectivity index (χ4n) is 2.25. The van der Waals surface area contributed by atoms with E-state index in [2.05, 4.69) is 20.4 Å². The van der Waals surface area contributed by atoms with Gasteiger partial charge < -0.3 is 5.32 Å². The molecule has 0 aliphatic rings. The van der Waals surface area contributed by atoms with Gasteiger partial charge in [0.25, 0.3) is 0 Å². The molecule has 23 heavy (non-hydrogen) atoms. The summed E-state index contributed by atoms with van der Waals surface area (Å²) in [5.41, 5.74) is 3.41. The van der Waals surface area contributed by atoms with Gasteiger partial charge in [0.15, 0.2) is 0 Å². The van der Waals surface area contributed by atoms with Gasteiger partial charge in [-0.05, 0) is 30.7 Å². The van der Waals surface area contributed by atoms with Crippen molar-refractivity contribution in [2.75, 3.05) is 6.54 Å². The molecule has 6 heteroatoms. The van der Waals surface area contributed by atoms with Crippen molar-refractivity contribution < 1.29 is 4.79 Å². The summed E-state index contributed by atoms with van der Waals surface area (Å²) in [6, 6.07) is 9.67. The lowest BCUT2D eigenvalue weighted by Crippen LogP contribution is -2.24. The van der Waals surface area contributed by atoms with Gasteiger partial charge in [-0.15, -0.1) is 0 Å². The molecule has 0 aliphatic heterocycles. The molecule has 0 saturated heterocycles. The number of carbonyl (C=O) groups is 1. The Labute approximate surface area is 134 Å². The van der Waals surface area contributed by atoms with E-state index in [0.29, 0.717) is 13.0 Å². The Bertz CT molecular complexity index is 780. The minimum atomic E-state index is 0.0317. The van der Waals surface area contributed by atoms with Crippen LogP contribution < -0.4 is 5.32 Å². The maximum atomic E-state index is 11.6. The molecule has 6 nitrogen and oxygen atoms in total. The first-order valence-corrected chi connectivity index (χ1v) is 7.44. The Kier molecular flexibility index (Phi) is 4.42. The molecule has 2 heterocycles. The Morgan fingerprint density at radius 1 is 1.13 bits per heavy atom. The summed E-state index contributed by atoms with van der Waals surface area (Å²) in [7, 11) is 0. The van der Waals surface area contributed by atoms with Crippen LogP contribution in [0.1, 0.15) is 12.5 Å². The maximum Gasteiger partial charge on any atom is 0.224 e. The minimum absolute atomic E-state index is 0.0317. The van der Waals surface area contributed by atoms with Crippen LogP contribution in [0.5, 0.6) is 0 Å². The summed E-state index contributed by atoms with van der Waals surface area (Å²) in [6.45, 7) is 2.56. The van der Waals surface area contributed by atoms with Crippen LogP contribution in [0, 0.1) is 0 Å². The van der Waals surface area contributed by atoms with Crippen LogP contribution in [0.4, 0.5) is 0 Å². The molecular formula is C17H17N5O. The van der Waals surface area contributed by atoms with Gasteiger partial charge in [0.05, 0.1) is 18.3 Å². The summed E-state index contributed by atoms with van der Waals surface area (Å²) in [5, 5.41) is 7.30. The molecule has 3 rings (SSSR count). The number of likely N-dealkylation sites (N-methyl/N-ethyl adjacent to an activating group) is 1. The van der Waals surface area contributed by atoms with Crippen molar-refractivity contribution in [3.63, 3.8) is 0 Å². The summed E-state index contributed by atoms with van der Waals surface area (Å²) in [6.07, 6.45) is 7.22. The zero-order valence-corrected chi connectivity index (χ0v) is 12.8. The van der Waals surface area contributed by atoms with Crippen LogP contribution in [-0.4, -0.2) is 32.2 Å². The number of nitrogens with zero attached hydrogens (tertiary/aromatic N) is 4. The van der Waals surface area contributed by atoms with Gasteiger partial charge in [-0.3, -0.25) is 14.8 Å². The summed E-state index contributed by atoms with van der Waals surface area (Å²) < 4.78 is 1.78. The van der Waals surface area contributed by atoms with Crippen LogP contribution in [-0.2, 0) is 11.2 Å². The van der Waals surface area contributed by atoms with E-state index in [1.54, 1.807) is 23.3 Å². The molecule has 0 atom stereocenters. The second-order valence-electron chi connectivity index (χ2n) is 5.03. The molecule has 0 bridgehead atoms. The van der Waals surface area contributed by atoms with Crippen LogP contribution in [0.25, 0.3) is 17.1 Å². The fraction of sp³-hybridized carbons (Fsp3) is 0.176. The Morgan fingerprint density at radius 2 is 1.96 bits per heavy atom. The predicted molar refractivity (Wildman–Crippen MR) is 87.0 cm³/mol. The lowest BCUT2D eigenvalue weighted by molar-refractivity contribution is -0.120. The van der Waals surface area contributed by atoms with Crippen LogP contribution in [0.2, 0.25) is 0 Å². The van der Waals surface area contributed by atoms with Gasteiger partial charge in [0.1, 0.15) is 11.4 Å². The molecule has 0 aliphatic carbocycles. The smallest absolute Gasteiger partial charge is 0.224 e. The number of benzene rings is 1. The molecule has 1 aromatic carbocycles. The topological polar surface area (TPSA) is 72.7 Å². The molecular weight excluding hydrogens is 290 g/mol. The van der Waals surface area contributed by atoms with E-state index < -0.39 is 0 Å². The largest absolute Gasteiger partial charge is 0.356 e. The van der Waals surface area contributed by atoms with E-state index in [9.17, 15) is 4.79 Å². The van der Waals surface area contributed by atoms with Crippen LogP contribution >= 0.6 is 0 Å². The van der Waals surface area contributed by atoms with Crippen molar-refractivity contribution in [2.24, 2.45) is 0 Å². The van der Waals surface area contributed by atoms with E-state index in [-0.39, 0.29) is 5.91 Å². The van der Waals surface area contributed by atoms with Crippen molar-refractivity contribution >= 4 is 5.91 Å².